The minimum Gasteiger partial charge on any atom is -0.351 e. The Morgan fingerprint density at radius 1 is 1.10 bits per heavy atom. The van der Waals surface area contributed by atoms with Crippen molar-refractivity contribution >= 4 is 11.7 Å². The normalized spacial score (nSPS) is 10.6. The highest BCUT2D eigenvalue weighted by molar-refractivity contribution is 6.03. The molecule has 0 aliphatic rings. The molecule has 0 fully saturated rings. The maximum absolute atomic E-state index is 12.0. The van der Waals surface area contributed by atoms with E-state index in [9.17, 15) is 4.79 Å². The number of benzene rings is 1. The van der Waals surface area contributed by atoms with Crippen molar-refractivity contribution in [2.24, 2.45) is 0 Å². The lowest BCUT2D eigenvalue weighted by molar-refractivity contribution is 0.0987. The highest BCUT2D eigenvalue weighted by atomic mass is 16.6. The Morgan fingerprint density at radius 2 is 1.86 bits per heavy atom. The van der Waals surface area contributed by atoms with Crippen LogP contribution >= 0.6 is 0 Å². The molecule has 0 radical (unpaired) electrons. The van der Waals surface area contributed by atoms with Gasteiger partial charge in [-0.15, -0.1) is 0 Å². The maximum atomic E-state index is 12.0. The highest BCUT2D eigenvalue weighted by Crippen LogP contribution is 2.24. The maximum Gasteiger partial charge on any atom is 0.295 e. The molecule has 0 bridgehead atoms. The lowest BCUT2D eigenvalue weighted by Gasteiger charge is -2.01. The fourth-order valence-electron chi connectivity index (χ4n) is 1.81. The molecule has 0 aliphatic carbocycles. The van der Waals surface area contributed by atoms with Gasteiger partial charge in [0.05, 0.1) is 5.69 Å². The molecule has 3 aromatic rings. The average Bonchev–Trinajstić information content (AvgIpc) is 3.09. The van der Waals surface area contributed by atoms with Crippen LogP contribution in [0.3, 0.4) is 0 Å². The summed E-state index contributed by atoms with van der Waals surface area (Å²) in [6.45, 7) is 3.72. The second kappa shape index (κ2) is 5.20. The Hall–Kier alpha value is -2.96. The van der Waals surface area contributed by atoms with Gasteiger partial charge in [0, 0.05) is 11.6 Å². The summed E-state index contributed by atoms with van der Waals surface area (Å²) in [5, 5.41) is 13.8. The first kappa shape index (κ1) is 13.0. The Kier molecular flexibility index (Phi) is 3.23. The van der Waals surface area contributed by atoms with Crippen LogP contribution in [-0.4, -0.2) is 21.4 Å². The van der Waals surface area contributed by atoms with Gasteiger partial charge in [-0.1, -0.05) is 35.0 Å². The van der Waals surface area contributed by atoms with Gasteiger partial charge in [-0.2, -0.15) is 0 Å². The Bertz CT molecular complexity index is 774. The number of carbonyl (C=O) groups is 1. The predicted octanol–water partition coefficient (Wildman–Crippen LogP) is 2.59. The van der Waals surface area contributed by atoms with Crippen LogP contribution in [0.4, 0.5) is 5.82 Å². The first-order valence-corrected chi connectivity index (χ1v) is 6.28. The second-order valence-electron chi connectivity index (χ2n) is 4.61. The molecule has 0 unspecified atom stereocenters. The number of aryl methyl sites for hydroxylation is 2. The van der Waals surface area contributed by atoms with E-state index in [0.717, 1.165) is 11.1 Å². The van der Waals surface area contributed by atoms with Crippen LogP contribution < -0.4 is 5.32 Å². The van der Waals surface area contributed by atoms with E-state index in [2.05, 4.69) is 20.8 Å². The van der Waals surface area contributed by atoms with E-state index in [4.69, 9.17) is 9.15 Å². The van der Waals surface area contributed by atoms with Crippen molar-refractivity contribution in [1.82, 2.24) is 15.5 Å². The number of hydrogen-bond acceptors (Lipinski definition) is 6. The molecule has 7 heteroatoms. The minimum atomic E-state index is -0.459. The molecule has 106 valence electrons. The van der Waals surface area contributed by atoms with E-state index in [1.54, 1.807) is 6.92 Å². The van der Waals surface area contributed by atoms with Crippen LogP contribution in [0.5, 0.6) is 0 Å². The zero-order valence-corrected chi connectivity index (χ0v) is 11.5. The lowest BCUT2D eigenvalue weighted by Crippen LogP contribution is -2.12. The smallest absolute Gasteiger partial charge is 0.295 e. The van der Waals surface area contributed by atoms with Gasteiger partial charge in [0.2, 0.25) is 11.6 Å². The molecule has 0 atom stereocenters. The van der Waals surface area contributed by atoms with Gasteiger partial charge in [-0.25, -0.2) is 4.63 Å². The zero-order valence-electron chi connectivity index (χ0n) is 11.5. The van der Waals surface area contributed by atoms with Gasteiger partial charge in [0.1, 0.15) is 0 Å². The van der Waals surface area contributed by atoms with Crippen LogP contribution in [-0.2, 0) is 0 Å². The van der Waals surface area contributed by atoms with Crippen LogP contribution in [0.25, 0.3) is 11.3 Å². The van der Waals surface area contributed by atoms with Crippen molar-refractivity contribution in [1.29, 1.82) is 0 Å². The van der Waals surface area contributed by atoms with Crippen molar-refractivity contribution in [2.45, 2.75) is 13.8 Å². The molecule has 1 aromatic carbocycles. The molecule has 21 heavy (non-hydrogen) atoms. The first-order valence-electron chi connectivity index (χ1n) is 6.28. The third kappa shape index (κ3) is 2.66. The number of aromatic nitrogens is 3. The van der Waals surface area contributed by atoms with Crippen LogP contribution in [0.15, 0.2) is 39.5 Å². The largest absolute Gasteiger partial charge is 0.351 e. The Balaban J connectivity index is 1.86. The summed E-state index contributed by atoms with van der Waals surface area (Å²) in [4.78, 5) is 12.0. The minimum absolute atomic E-state index is 0.102. The molecule has 3 rings (SSSR count). The molecule has 0 saturated carbocycles. The third-order valence-corrected chi connectivity index (χ3v) is 2.90. The number of nitrogens with one attached hydrogen (secondary N) is 1. The van der Waals surface area contributed by atoms with Crippen LogP contribution in [0.2, 0.25) is 0 Å². The number of rotatable bonds is 3. The van der Waals surface area contributed by atoms with E-state index in [1.165, 1.54) is 6.07 Å². The molecule has 2 heterocycles. The molecule has 0 aliphatic heterocycles. The SMILES string of the molecule is Cc1ccc(-c2nonc2NC(=O)c2cc(C)no2)cc1. The summed E-state index contributed by atoms with van der Waals surface area (Å²) in [6, 6.07) is 9.17. The molecule has 0 saturated heterocycles. The highest BCUT2D eigenvalue weighted by Gasteiger charge is 2.18. The van der Waals surface area contributed by atoms with E-state index < -0.39 is 5.91 Å². The summed E-state index contributed by atoms with van der Waals surface area (Å²) in [5.41, 5.74) is 3.00. The van der Waals surface area contributed by atoms with Gasteiger partial charge >= 0.3 is 0 Å². The number of anilines is 1. The van der Waals surface area contributed by atoms with E-state index >= 15 is 0 Å². The van der Waals surface area contributed by atoms with Gasteiger partial charge in [0.15, 0.2) is 5.69 Å². The van der Waals surface area contributed by atoms with Gasteiger partial charge < -0.3 is 4.52 Å². The summed E-state index contributed by atoms with van der Waals surface area (Å²) in [5.74, 6) is -0.122. The topological polar surface area (TPSA) is 94.1 Å². The molecule has 2 aromatic heterocycles. The molecule has 7 nitrogen and oxygen atoms in total. The third-order valence-electron chi connectivity index (χ3n) is 2.90. The van der Waals surface area contributed by atoms with Crippen molar-refractivity contribution < 1.29 is 13.9 Å². The molecule has 1 amide bonds. The quantitative estimate of drug-likeness (QED) is 0.794. The van der Waals surface area contributed by atoms with Gasteiger partial charge in [-0.05, 0) is 24.2 Å². The van der Waals surface area contributed by atoms with E-state index in [1.807, 2.05) is 31.2 Å². The van der Waals surface area contributed by atoms with Gasteiger partial charge in [-0.3, -0.25) is 10.1 Å². The van der Waals surface area contributed by atoms with Crippen molar-refractivity contribution in [3.05, 3.63) is 47.3 Å². The molecule has 1 N–H and O–H groups in total. The Morgan fingerprint density at radius 3 is 2.52 bits per heavy atom. The van der Waals surface area contributed by atoms with Crippen LogP contribution in [0, 0.1) is 13.8 Å². The second-order valence-corrected chi connectivity index (χ2v) is 4.61. The fraction of sp³-hybridized carbons (Fsp3) is 0.143. The lowest BCUT2D eigenvalue weighted by atomic mass is 10.1. The summed E-state index contributed by atoms with van der Waals surface area (Å²) in [7, 11) is 0. The molecular formula is C14H12N4O3. The zero-order chi connectivity index (χ0) is 14.8. The van der Waals surface area contributed by atoms with Crippen LogP contribution in [0.1, 0.15) is 21.8 Å². The number of amides is 1. The Labute approximate surface area is 119 Å². The summed E-state index contributed by atoms with van der Waals surface area (Å²) in [6.07, 6.45) is 0. The van der Waals surface area contributed by atoms with E-state index in [-0.39, 0.29) is 11.6 Å². The summed E-state index contributed by atoms with van der Waals surface area (Å²) < 4.78 is 9.61. The number of carbonyl (C=O) groups excluding carboxylic acids is 1. The predicted molar refractivity (Wildman–Crippen MR) is 73.7 cm³/mol. The van der Waals surface area contributed by atoms with Crippen molar-refractivity contribution in [2.75, 3.05) is 5.32 Å². The molecule has 0 spiro atoms. The number of nitrogens with zero attached hydrogens (tertiary/aromatic N) is 3. The monoisotopic (exact) mass is 284 g/mol. The average molecular weight is 284 g/mol. The van der Waals surface area contributed by atoms with Crippen molar-refractivity contribution in [3.63, 3.8) is 0 Å². The first-order chi connectivity index (χ1) is 10.1. The van der Waals surface area contributed by atoms with Crippen molar-refractivity contribution in [3.8, 4) is 11.3 Å². The van der Waals surface area contributed by atoms with E-state index in [0.29, 0.717) is 11.4 Å². The fourth-order valence-corrected chi connectivity index (χ4v) is 1.81. The molecular weight excluding hydrogens is 272 g/mol. The summed E-state index contributed by atoms with van der Waals surface area (Å²) >= 11 is 0. The van der Waals surface area contributed by atoms with Gasteiger partial charge in [0.25, 0.3) is 5.91 Å². The number of hydrogen-bond donors (Lipinski definition) is 1. The standard InChI is InChI=1S/C14H12N4O3/c1-8-3-5-10(6-4-8)12-13(18-21-17-12)15-14(19)11-7-9(2)16-20-11/h3-7H,1-2H3,(H,15,18,19).